The van der Waals surface area contributed by atoms with Crippen LogP contribution in [-0.4, -0.2) is 21.5 Å². The standard InChI is InChI=1S/C24H20F6N4O2/c1-13-2-3-15(21(35)33-18-4-5-18)10-19(13)34-7-6-31-20(22(34)36)32-12-14-8-16(23(25,26)27)11-17(9-14)24(28,29)30/h2-3,6-11,18H,4-5,12H2,1H3,(H,31,32)(H,33,35). The predicted octanol–water partition coefficient (Wildman–Crippen LogP) is 5.08. The van der Waals surface area contributed by atoms with Crippen molar-refractivity contribution in [2.75, 3.05) is 5.32 Å². The van der Waals surface area contributed by atoms with Gasteiger partial charge in [-0.15, -0.1) is 0 Å². The number of rotatable bonds is 6. The van der Waals surface area contributed by atoms with E-state index in [0.29, 0.717) is 28.9 Å². The molecule has 0 aliphatic heterocycles. The Kier molecular flexibility index (Phi) is 6.54. The fourth-order valence-corrected chi connectivity index (χ4v) is 3.54. The first-order chi connectivity index (χ1) is 16.8. The van der Waals surface area contributed by atoms with E-state index in [2.05, 4.69) is 15.6 Å². The van der Waals surface area contributed by atoms with Crippen LogP contribution in [0.1, 0.15) is 45.5 Å². The van der Waals surface area contributed by atoms with Crippen LogP contribution < -0.4 is 16.2 Å². The highest BCUT2D eigenvalue weighted by molar-refractivity contribution is 5.95. The molecule has 1 aromatic heterocycles. The Balaban J connectivity index is 1.62. The molecule has 1 amide bonds. The van der Waals surface area contributed by atoms with E-state index >= 15 is 0 Å². The summed E-state index contributed by atoms with van der Waals surface area (Å²) in [6, 6.07) is 6.14. The van der Waals surface area contributed by atoms with Gasteiger partial charge in [-0.25, -0.2) is 4.98 Å². The summed E-state index contributed by atoms with van der Waals surface area (Å²) in [5.74, 6) is -0.570. The minimum atomic E-state index is -4.98. The Morgan fingerprint density at radius 3 is 2.25 bits per heavy atom. The molecule has 1 aliphatic rings. The van der Waals surface area contributed by atoms with Crippen molar-refractivity contribution in [1.29, 1.82) is 0 Å². The normalized spacial score (nSPS) is 14.0. The second-order valence-corrected chi connectivity index (χ2v) is 8.47. The maximum atomic E-state index is 13.1. The van der Waals surface area contributed by atoms with E-state index in [1.54, 1.807) is 19.1 Å². The molecule has 0 atom stereocenters. The van der Waals surface area contributed by atoms with E-state index in [1.807, 2.05) is 0 Å². The van der Waals surface area contributed by atoms with E-state index < -0.39 is 35.6 Å². The zero-order valence-electron chi connectivity index (χ0n) is 18.8. The van der Waals surface area contributed by atoms with E-state index in [-0.39, 0.29) is 29.4 Å². The van der Waals surface area contributed by atoms with Crippen LogP contribution in [0.15, 0.2) is 53.6 Å². The summed E-state index contributed by atoms with van der Waals surface area (Å²) < 4.78 is 79.9. The van der Waals surface area contributed by atoms with Crippen molar-refractivity contribution in [1.82, 2.24) is 14.9 Å². The number of carbonyl (C=O) groups excluding carboxylic acids is 1. The zero-order valence-corrected chi connectivity index (χ0v) is 18.8. The van der Waals surface area contributed by atoms with Crippen molar-refractivity contribution >= 4 is 11.7 Å². The number of hydrogen-bond acceptors (Lipinski definition) is 4. The summed E-state index contributed by atoms with van der Waals surface area (Å²) >= 11 is 0. The Hall–Kier alpha value is -3.83. The number of amides is 1. The monoisotopic (exact) mass is 510 g/mol. The molecule has 0 radical (unpaired) electrons. The highest BCUT2D eigenvalue weighted by Crippen LogP contribution is 2.36. The largest absolute Gasteiger partial charge is 0.416 e. The van der Waals surface area contributed by atoms with Crippen LogP contribution in [0.2, 0.25) is 0 Å². The number of aromatic nitrogens is 2. The van der Waals surface area contributed by atoms with Crippen molar-refractivity contribution in [3.8, 4) is 5.69 Å². The molecule has 190 valence electrons. The third kappa shape index (κ3) is 5.69. The zero-order chi connectivity index (χ0) is 26.3. The summed E-state index contributed by atoms with van der Waals surface area (Å²) in [7, 11) is 0. The molecule has 1 saturated carbocycles. The number of halogens is 6. The molecule has 1 heterocycles. The van der Waals surface area contributed by atoms with Gasteiger partial charge in [0.05, 0.1) is 16.8 Å². The van der Waals surface area contributed by atoms with Crippen molar-refractivity contribution in [3.05, 3.63) is 87.0 Å². The van der Waals surface area contributed by atoms with Crippen LogP contribution >= 0.6 is 0 Å². The van der Waals surface area contributed by atoms with Gasteiger partial charge in [0, 0.05) is 30.5 Å². The van der Waals surface area contributed by atoms with Crippen LogP contribution in [0.4, 0.5) is 32.2 Å². The number of nitrogens with zero attached hydrogens (tertiary/aromatic N) is 2. The highest BCUT2D eigenvalue weighted by Gasteiger charge is 2.36. The first-order valence-corrected chi connectivity index (χ1v) is 10.8. The lowest BCUT2D eigenvalue weighted by atomic mass is 10.0. The van der Waals surface area contributed by atoms with E-state index in [0.717, 1.165) is 12.8 Å². The summed E-state index contributed by atoms with van der Waals surface area (Å²) in [5.41, 5.74) is -2.55. The van der Waals surface area contributed by atoms with Crippen LogP contribution in [0.3, 0.4) is 0 Å². The van der Waals surface area contributed by atoms with Crippen LogP contribution in [-0.2, 0) is 18.9 Å². The molecule has 3 aromatic rings. The van der Waals surface area contributed by atoms with Crippen molar-refractivity contribution < 1.29 is 31.1 Å². The smallest absolute Gasteiger partial charge is 0.361 e. The predicted molar refractivity (Wildman–Crippen MR) is 119 cm³/mol. The van der Waals surface area contributed by atoms with Crippen LogP contribution in [0.5, 0.6) is 0 Å². The average molecular weight is 510 g/mol. The quantitative estimate of drug-likeness (QED) is 0.454. The molecule has 1 fully saturated rings. The highest BCUT2D eigenvalue weighted by atomic mass is 19.4. The van der Waals surface area contributed by atoms with Crippen molar-refractivity contribution in [3.63, 3.8) is 0 Å². The summed E-state index contributed by atoms with van der Waals surface area (Å²) in [4.78, 5) is 29.3. The lowest BCUT2D eigenvalue weighted by molar-refractivity contribution is -0.143. The third-order valence-corrected chi connectivity index (χ3v) is 5.59. The molecular weight excluding hydrogens is 490 g/mol. The number of benzene rings is 2. The van der Waals surface area contributed by atoms with Gasteiger partial charge in [0.2, 0.25) is 0 Å². The number of aryl methyl sites for hydroxylation is 1. The van der Waals surface area contributed by atoms with Gasteiger partial charge in [-0.1, -0.05) is 6.07 Å². The lowest BCUT2D eigenvalue weighted by Gasteiger charge is -2.15. The fraction of sp³-hybridized carbons (Fsp3) is 0.292. The Bertz CT molecular complexity index is 1330. The number of alkyl halides is 6. The van der Waals surface area contributed by atoms with Crippen LogP contribution in [0.25, 0.3) is 5.69 Å². The SMILES string of the molecule is Cc1ccc(C(=O)NC2CC2)cc1-n1ccnc(NCc2cc(C(F)(F)F)cc(C(F)(F)F)c2)c1=O. The number of carbonyl (C=O) groups is 1. The van der Waals surface area contributed by atoms with Gasteiger partial charge in [0.25, 0.3) is 11.5 Å². The molecule has 0 unspecified atom stereocenters. The molecule has 2 N–H and O–H groups in total. The maximum absolute atomic E-state index is 13.1. The molecule has 12 heteroatoms. The molecule has 36 heavy (non-hydrogen) atoms. The van der Waals surface area contributed by atoms with Gasteiger partial charge in [-0.2, -0.15) is 26.3 Å². The maximum Gasteiger partial charge on any atom is 0.416 e. The molecule has 0 bridgehead atoms. The molecular formula is C24H20F6N4O2. The molecule has 4 rings (SSSR count). The number of anilines is 1. The molecule has 0 spiro atoms. The number of hydrogen-bond donors (Lipinski definition) is 2. The summed E-state index contributed by atoms with van der Waals surface area (Å²) in [6.07, 6.45) is -5.55. The molecule has 0 saturated heterocycles. The molecule has 2 aromatic carbocycles. The van der Waals surface area contributed by atoms with E-state index in [9.17, 15) is 35.9 Å². The summed E-state index contributed by atoms with van der Waals surface area (Å²) in [6.45, 7) is 1.21. The van der Waals surface area contributed by atoms with Crippen LogP contribution in [0, 0.1) is 6.92 Å². The van der Waals surface area contributed by atoms with Gasteiger partial charge < -0.3 is 10.6 Å². The van der Waals surface area contributed by atoms with Gasteiger partial charge in [0.15, 0.2) is 5.82 Å². The first kappa shape index (κ1) is 25.3. The minimum Gasteiger partial charge on any atom is -0.361 e. The Morgan fingerprint density at radius 2 is 1.67 bits per heavy atom. The average Bonchev–Trinajstić information content (AvgIpc) is 3.61. The van der Waals surface area contributed by atoms with E-state index in [4.69, 9.17) is 0 Å². The second kappa shape index (κ2) is 9.32. The van der Waals surface area contributed by atoms with E-state index in [1.165, 1.54) is 23.0 Å². The van der Waals surface area contributed by atoms with Gasteiger partial charge in [-0.05, 0) is 61.2 Å². The van der Waals surface area contributed by atoms with Gasteiger partial charge >= 0.3 is 12.4 Å². The minimum absolute atomic E-state index is 0.0341. The summed E-state index contributed by atoms with van der Waals surface area (Å²) in [5, 5.41) is 5.38. The number of nitrogens with one attached hydrogen (secondary N) is 2. The van der Waals surface area contributed by atoms with Crippen molar-refractivity contribution in [2.45, 2.75) is 44.7 Å². The topological polar surface area (TPSA) is 76.0 Å². The van der Waals surface area contributed by atoms with Gasteiger partial charge in [-0.3, -0.25) is 14.2 Å². The van der Waals surface area contributed by atoms with Crippen molar-refractivity contribution in [2.24, 2.45) is 0 Å². The second-order valence-electron chi connectivity index (χ2n) is 8.47. The fourth-order valence-electron chi connectivity index (χ4n) is 3.54. The third-order valence-electron chi connectivity index (χ3n) is 5.59. The first-order valence-electron chi connectivity index (χ1n) is 10.8. The van der Waals surface area contributed by atoms with Gasteiger partial charge in [0.1, 0.15) is 0 Å². The Labute approximate surface area is 201 Å². The molecule has 6 nitrogen and oxygen atoms in total. The molecule has 1 aliphatic carbocycles. The Morgan fingerprint density at radius 1 is 1.03 bits per heavy atom. The lowest BCUT2D eigenvalue weighted by Crippen LogP contribution is -2.26.